The van der Waals surface area contributed by atoms with Crippen molar-refractivity contribution in [3.8, 4) is 0 Å². The molecule has 4 aromatic rings. The van der Waals surface area contributed by atoms with Crippen molar-refractivity contribution in [3.63, 3.8) is 0 Å². The molecule has 234 valence electrons. The van der Waals surface area contributed by atoms with Crippen LogP contribution in [0.2, 0.25) is 5.02 Å². The molecule has 0 saturated carbocycles. The minimum atomic E-state index is -0.356. The number of benzene rings is 1. The normalized spacial score (nSPS) is 20.1. The summed E-state index contributed by atoms with van der Waals surface area (Å²) in [6.07, 6.45) is 5.85. The fraction of sp³-hybridized carbons (Fsp3) is 0.469. The van der Waals surface area contributed by atoms with Gasteiger partial charge in [-0.15, -0.1) is 0 Å². The molecule has 11 nitrogen and oxygen atoms in total. The van der Waals surface area contributed by atoms with E-state index >= 15 is 0 Å². The monoisotopic (exact) mass is 623 g/mol. The summed E-state index contributed by atoms with van der Waals surface area (Å²) in [5, 5.41) is 8.40. The van der Waals surface area contributed by atoms with E-state index in [1.54, 1.807) is 6.07 Å². The third-order valence-electron chi connectivity index (χ3n) is 8.89. The predicted octanol–water partition coefficient (Wildman–Crippen LogP) is 4.79. The van der Waals surface area contributed by atoms with Gasteiger partial charge in [-0.1, -0.05) is 37.6 Å². The Balaban J connectivity index is 0.00000123. The van der Waals surface area contributed by atoms with Crippen LogP contribution >= 0.6 is 11.6 Å². The summed E-state index contributed by atoms with van der Waals surface area (Å²) in [6, 6.07) is 9.73. The Morgan fingerprint density at radius 2 is 2.00 bits per heavy atom. The van der Waals surface area contributed by atoms with Crippen LogP contribution in [0.4, 0.5) is 5.82 Å². The number of aromatic amines is 1. The lowest BCUT2D eigenvalue weighted by Gasteiger charge is -2.44. The zero-order valence-electron chi connectivity index (χ0n) is 25.1. The highest BCUT2D eigenvalue weighted by atomic mass is 35.5. The molecule has 6 rings (SSSR count). The van der Waals surface area contributed by atoms with E-state index in [9.17, 15) is 9.59 Å². The molecule has 2 fully saturated rings. The summed E-state index contributed by atoms with van der Waals surface area (Å²) >= 11 is 6.16. The highest BCUT2D eigenvalue weighted by molar-refractivity contribution is 6.30. The molecule has 0 aliphatic carbocycles. The Labute approximate surface area is 260 Å². The largest absolute Gasteiger partial charge is 0.483 e. The number of rotatable bonds is 8. The number of nitrogens with zero attached hydrogens (tertiary/aromatic N) is 4. The van der Waals surface area contributed by atoms with Crippen LogP contribution in [0.5, 0.6) is 0 Å². The lowest BCUT2D eigenvalue weighted by atomic mass is 9.68. The molecule has 3 aromatic heterocycles. The van der Waals surface area contributed by atoms with Gasteiger partial charge in [0.1, 0.15) is 23.5 Å². The summed E-state index contributed by atoms with van der Waals surface area (Å²) in [5.74, 6) is 1.70. The average molecular weight is 624 g/mol. The van der Waals surface area contributed by atoms with Crippen LogP contribution in [0.15, 0.2) is 45.7 Å². The molecule has 2 atom stereocenters. The summed E-state index contributed by atoms with van der Waals surface area (Å²) < 4.78 is 12.0. The second-order valence-electron chi connectivity index (χ2n) is 11.7. The molecule has 1 aromatic carbocycles. The molecule has 0 bridgehead atoms. The lowest BCUT2D eigenvalue weighted by molar-refractivity contribution is -0.139. The van der Waals surface area contributed by atoms with Crippen LogP contribution in [-0.4, -0.2) is 76.7 Å². The number of aromatic nitrogens is 3. The number of carbonyl (C=O) groups is 2. The number of hydrogen-bond donors (Lipinski definition) is 2. The number of piperidine rings is 1. The van der Waals surface area contributed by atoms with Gasteiger partial charge in [0.15, 0.2) is 11.4 Å². The number of pyridine rings is 1. The molecule has 12 heteroatoms. The minimum absolute atomic E-state index is 0.0299. The number of fused-ring (bicyclic) bond motifs is 3. The highest BCUT2D eigenvalue weighted by Crippen LogP contribution is 2.38. The van der Waals surface area contributed by atoms with Gasteiger partial charge in [0.25, 0.3) is 12.0 Å². The fourth-order valence-corrected chi connectivity index (χ4v) is 6.37. The summed E-state index contributed by atoms with van der Waals surface area (Å²) in [7, 11) is 0. The molecule has 1 amide bonds. The maximum absolute atomic E-state index is 12.9. The number of anilines is 1. The Kier molecular flexibility index (Phi) is 9.85. The van der Waals surface area contributed by atoms with Gasteiger partial charge in [-0.05, 0) is 49.8 Å². The summed E-state index contributed by atoms with van der Waals surface area (Å²) in [6.45, 7) is 7.46. The van der Waals surface area contributed by atoms with E-state index in [2.05, 4.69) is 23.7 Å². The second kappa shape index (κ2) is 13.8. The summed E-state index contributed by atoms with van der Waals surface area (Å²) in [5.41, 5.74) is 2.63. The van der Waals surface area contributed by atoms with Crippen molar-refractivity contribution in [2.45, 2.75) is 51.4 Å². The van der Waals surface area contributed by atoms with Crippen molar-refractivity contribution in [1.82, 2.24) is 19.9 Å². The number of carboxylic acid groups (broad SMARTS) is 1. The minimum Gasteiger partial charge on any atom is -0.483 e. The molecule has 2 aliphatic rings. The van der Waals surface area contributed by atoms with E-state index in [1.165, 1.54) is 6.20 Å². The average Bonchev–Trinajstić information content (AvgIpc) is 3.68. The smallest absolute Gasteiger partial charge is 0.290 e. The number of ether oxygens (including phenoxy) is 1. The summed E-state index contributed by atoms with van der Waals surface area (Å²) in [4.78, 5) is 50.4. The van der Waals surface area contributed by atoms with Crippen molar-refractivity contribution in [3.05, 3.63) is 63.3 Å². The van der Waals surface area contributed by atoms with Gasteiger partial charge in [0.2, 0.25) is 5.91 Å². The molecular formula is C32H38ClN5O6. The molecule has 44 heavy (non-hydrogen) atoms. The van der Waals surface area contributed by atoms with Gasteiger partial charge in [-0.25, -0.2) is 9.97 Å². The van der Waals surface area contributed by atoms with Crippen molar-refractivity contribution >= 4 is 51.9 Å². The number of H-pyrrole nitrogens is 1. The zero-order valence-corrected chi connectivity index (χ0v) is 25.8. The van der Waals surface area contributed by atoms with Crippen LogP contribution in [0.1, 0.15) is 50.9 Å². The molecule has 2 unspecified atom stereocenters. The molecule has 5 heterocycles. The van der Waals surface area contributed by atoms with Gasteiger partial charge in [-0.3, -0.25) is 14.4 Å². The van der Waals surface area contributed by atoms with E-state index < -0.39 is 0 Å². The van der Waals surface area contributed by atoms with Crippen molar-refractivity contribution < 1.29 is 23.8 Å². The molecule has 0 spiro atoms. The molecular weight excluding hydrogens is 586 g/mol. The van der Waals surface area contributed by atoms with Crippen LogP contribution in [0, 0.1) is 5.92 Å². The number of para-hydroxylation sites is 1. The molecule has 2 aliphatic heterocycles. The Morgan fingerprint density at radius 3 is 2.75 bits per heavy atom. The van der Waals surface area contributed by atoms with Gasteiger partial charge in [0, 0.05) is 61.8 Å². The van der Waals surface area contributed by atoms with E-state index in [-0.39, 0.29) is 35.9 Å². The van der Waals surface area contributed by atoms with Crippen molar-refractivity contribution in [1.29, 1.82) is 0 Å². The first kappa shape index (κ1) is 31.5. The third-order valence-corrected chi connectivity index (χ3v) is 9.11. The van der Waals surface area contributed by atoms with Crippen LogP contribution in [0.25, 0.3) is 22.1 Å². The molecule has 2 N–H and O–H groups in total. The van der Waals surface area contributed by atoms with Gasteiger partial charge in [-0.2, -0.15) is 0 Å². The lowest BCUT2D eigenvalue weighted by Crippen LogP contribution is -2.51. The first-order chi connectivity index (χ1) is 21.2. The van der Waals surface area contributed by atoms with Crippen molar-refractivity contribution in [2.24, 2.45) is 5.92 Å². The Hall–Kier alpha value is -3.96. The number of aryl methyl sites for hydroxylation is 1. The van der Waals surface area contributed by atoms with Gasteiger partial charge < -0.3 is 29.0 Å². The van der Waals surface area contributed by atoms with E-state index in [0.717, 1.165) is 59.6 Å². The van der Waals surface area contributed by atoms with Gasteiger partial charge >= 0.3 is 0 Å². The third kappa shape index (κ3) is 6.58. The maximum atomic E-state index is 12.9. The molecule has 2 saturated heterocycles. The maximum Gasteiger partial charge on any atom is 0.290 e. The number of amides is 1. The van der Waals surface area contributed by atoms with Crippen LogP contribution < -0.4 is 10.5 Å². The first-order valence-electron chi connectivity index (χ1n) is 15.0. The quantitative estimate of drug-likeness (QED) is 0.209. The number of likely N-dealkylation sites (tertiary alicyclic amines) is 1. The van der Waals surface area contributed by atoms with E-state index in [4.69, 9.17) is 40.6 Å². The zero-order chi connectivity index (χ0) is 31.3. The second-order valence-corrected chi connectivity index (χ2v) is 12.1. The number of carbonyl (C=O) groups excluding carboxylic acids is 1. The highest BCUT2D eigenvalue weighted by Gasteiger charge is 2.41. The first-order valence-corrected chi connectivity index (χ1v) is 15.4. The van der Waals surface area contributed by atoms with Crippen LogP contribution in [-0.2, 0) is 26.2 Å². The van der Waals surface area contributed by atoms with Crippen LogP contribution in [0.3, 0.4) is 0 Å². The number of hydrogen-bond acceptors (Lipinski definition) is 8. The Morgan fingerprint density at radius 1 is 1.25 bits per heavy atom. The Bertz CT molecular complexity index is 1680. The topological polar surface area (TPSA) is 142 Å². The number of furan rings is 1. The fourth-order valence-electron chi connectivity index (χ4n) is 6.20. The number of halogens is 1. The number of nitrogens with one attached hydrogen (secondary N) is 1. The van der Waals surface area contributed by atoms with E-state index in [1.807, 2.05) is 29.2 Å². The predicted molar refractivity (Wildman–Crippen MR) is 168 cm³/mol. The van der Waals surface area contributed by atoms with E-state index in [0.29, 0.717) is 49.5 Å². The van der Waals surface area contributed by atoms with Crippen molar-refractivity contribution in [2.75, 3.05) is 44.3 Å². The standard InChI is InChI=1S/C31H36ClN5O4.CH2O2/c1-20-18-37(14-11-31(20,2)23-16-21(32)17-33-30(23)39)26(38)19-40-15-7-10-25-34-27-22-8-3-4-9-24(22)41-28(27)29(35-25)36-12-5-6-13-36;2-1-3/h3-4,8-9,16-17,20H,5-7,10-15,18-19H2,1-2H3,(H,33,39);1H,(H,2,3). The SMILES string of the molecule is CC1CN(C(=O)COCCCc2nc(N3CCCC3)c3oc4ccccc4c3n2)CCC1(C)c1cc(Cl)c[nH]c1=O.O=CO. The molecule has 0 radical (unpaired) electrons. The van der Waals surface area contributed by atoms with Gasteiger partial charge in [0.05, 0.1) is 5.02 Å².